The normalized spacial score (nSPS) is 13.6. The molecule has 1 rings (SSSR count). The molecule has 1 aromatic carbocycles. The first-order valence-corrected chi connectivity index (χ1v) is 6.41. The van der Waals surface area contributed by atoms with Gasteiger partial charge >= 0.3 is 0 Å². The fourth-order valence-corrected chi connectivity index (χ4v) is 2.15. The maximum Gasteiger partial charge on any atom is 0.0762 e. The van der Waals surface area contributed by atoms with E-state index in [1.54, 1.807) is 6.92 Å². The van der Waals surface area contributed by atoms with Crippen molar-refractivity contribution in [2.75, 3.05) is 18.6 Å². The van der Waals surface area contributed by atoms with Crippen molar-refractivity contribution in [2.24, 2.45) is 0 Å². The molecule has 0 bridgehead atoms. The zero-order valence-electron chi connectivity index (χ0n) is 10.7. The van der Waals surface area contributed by atoms with E-state index in [0.29, 0.717) is 0 Å². The highest BCUT2D eigenvalue weighted by Crippen LogP contribution is 2.32. The molecule has 0 heterocycles. The number of aliphatic hydroxyl groups is 2. The van der Waals surface area contributed by atoms with Crippen molar-refractivity contribution in [1.29, 1.82) is 0 Å². The Balaban J connectivity index is 3.08. The molecule has 0 radical (unpaired) electrons. The summed E-state index contributed by atoms with van der Waals surface area (Å²) < 4.78 is 0.917. The number of likely N-dealkylation sites (N-methyl/N-ethyl adjacent to an activating group) is 1. The number of nitrogens with zero attached hydrogens (tertiary/aromatic N) is 1. The van der Waals surface area contributed by atoms with Crippen molar-refractivity contribution in [3.8, 4) is 0 Å². The molecule has 4 heteroatoms. The van der Waals surface area contributed by atoms with Gasteiger partial charge in [-0.15, -0.1) is 0 Å². The summed E-state index contributed by atoms with van der Waals surface area (Å²) in [5, 5.41) is 18.9. The fraction of sp³-hybridized carbons (Fsp3) is 0.538. The van der Waals surface area contributed by atoms with Gasteiger partial charge in [0.1, 0.15) is 0 Å². The number of anilines is 1. The molecule has 1 atom stereocenters. The van der Waals surface area contributed by atoms with Gasteiger partial charge in [-0.2, -0.15) is 0 Å². The van der Waals surface area contributed by atoms with Crippen molar-refractivity contribution >= 4 is 21.6 Å². The summed E-state index contributed by atoms with van der Waals surface area (Å²) in [6, 6.07) is 5.75. The lowest BCUT2D eigenvalue weighted by Gasteiger charge is -2.36. The molecule has 0 aliphatic heterocycles. The van der Waals surface area contributed by atoms with Crippen LogP contribution < -0.4 is 4.90 Å². The zero-order valence-corrected chi connectivity index (χ0v) is 12.3. The van der Waals surface area contributed by atoms with Crippen molar-refractivity contribution < 1.29 is 10.2 Å². The largest absolute Gasteiger partial charge is 0.394 e. The summed E-state index contributed by atoms with van der Waals surface area (Å²) in [6.45, 7) is 5.76. The van der Waals surface area contributed by atoms with Gasteiger partial charge in [0.15, 0.2) is 0 Å². The SMILES string of the molecule is C[C@H](O)c1ccc(N(C)C(C)(C)CO)c(Br)c1. The topological polar surface area (TPSA) is 43.7 Å². The molecule has 0 saturated carbocycles. The van der Waals surface area contributed by atoms with Crippen LogP contribution in [0.1, 0.15) is 32.4 Å². The van der Waals surface area contributed by atoms with Crippen LogP contribution in [0.3, 0.4) is 0 Å². The van der Waals surface area contributed by atoms with Crippen molar-refractivity contribution in [1.82, 2.24) is 0 Å². The third-order valence-corrected chi connectivity index (χ3v) is 3.75. The van der Waals surface area contributed by atoms with Crippen LogP contribution in [0.25, 0.3) is 0 Å². The molecule has 0 fully saturated rings. The number of halogens is 1. The maximum atomic E-state index is 9.51. The summed E-state index contributed by atoms with van der Waals surface area (Å²) in [6.07, 6.45) is -0.475. The highest BCUT2D eigenvalue weighted by molar-refractivity contribution is 9.10. The summed E-state index contributed by atoms with van der Waals surface area (Å²) in [7, 11) is 1.94. The third kappa shape index (κ3) is 3.21. The van der Waals surface area contributed by atoms with E-state index in [0.717, 1.165) is 15.7 Å². The minimum absolute atomic E-state index is 0.0775. The summed E-state index contributed by atoms with van der Waals surface area (Å²) >= 11 is 3.50. The van der Waals surface area contributed by atoms with Gasteiger partial charge in [0.2, 0.25) is 0 Å². The minimum Gasteiger partial charge on any atom is -0.394 e. The van der Waals surface area contributed by atoms with Gasteiger partial charge in [-0.3, -0.25) is 0 Å². The van der Waals surface area contributed by atoms with Crippen molar-refractivity contribution in [3.63, 3.8) is 0 Å². The molecule has 3 nitrogen and oxygen atoms in total. The molecule has 17 heavy (non-hydrogen) atoms. The average molecular weight is 302 g/mol. The molecule has 0 aliphatic rings. The Labute approximate surface area is 111 Å². The minimum atomic E-state index is -0.475. The van der Waals surface area contributed by atoms with E-state index in [4.69, 9.17) is 0 Å². The lowest BCUT2D eigenvalue weighted by atomic mass is 10.0. The Bertz CT molecular complexity index is 391. The molecular formula is C13H20BrNO2. The van der Waals surface area contributed by atoms with Gasteiger partial charge in [0.25, 0.3) is 0 Å². The Morgan fingerprint density at radius 2 is 2.00 bits per heavy atom. The van der Waals surface area contributed by atoms with E-state index in [1.165, 1.54) is 0 Å². The molecule has 0 saturated heterocycles. The maximum absolute atomic E-state index is 9.51. The molecule has 96 valence electrons. The van der Waals surface area contributed by atoms with Gasteiger partial charge < -0.3 is 15.1 Å². The van der Waals surface area contributed by atoms with E-state index >= 15 is 0 Å². The van der Waals surface area contributed by atoms with Gasteiger partial charge in [0, 0.05) is 11.5 Å². The van der Waals surface area contributed by atoms with Crippen LogP contribution in [-0.2, 0) is 0 Å². The van der Waals surface area contributed by atoms with Crippen LogP contribution in [0, 0.1) is 0 Å². The smallest absolute Gasteiger partial charge is 0.0762 e. The fourth-order valence-electron chi connectivity index (χ4n) is 1.49. The predicted octanol–water partition coefficient (Wildman–Crippen LogP) is 2.71. The number of aliphatic hydroxyl groups excluding tert-OH is 2. The van der Waals surface area contributed by atoms with Crippen LogP contribution in [-0.4, -0.2) is 29.4 Å². The average Bonchev–Trinajstić information content (AvgIpc) is 2.27. The van der Waals surface area contributed by atoms with Crippen LogP contribution >= 0.6 is 15.9 Å². The monoisotopic (exact) mass is 301 g/mol. The van der Waals surface area contributed by atoms with E-state index in [1.807, 2.05) is 44.0 Å². The quantitative estimate of drug-likeness (QED) is 0.899. The Morgan fingerprint density at radius 3 is 2.41 bits per heavy atom. The van der Waals surface area contributed by atoms with Crippen LogP contribution in [0.2, 0.25) is 0 Å². The van der Waals surface area contributed by atoms with Crippen molar-refractivity contribution in [2.45, 2.75) is 32.4 Å². The van der Waals surface area contributed by atoms with Gasteiger partial charge in [-0.25, -0.2) is 0 Å². The standard InChI is InChI=1S/C13H20BrNO2/c1-9(17)10-5-6-12(11(14)7-10)15(4)13(2,3)8-16/h5-7,9,16-17H,8H2,1-4H3/t9-/m0/s1. The first-order valence-electron chi connectivity index (χ1n) is 5.62. The lowest BCUT2D eigenvalue weighted by Crippen LogP contribution is -2.44. The number of benzene rings is 1. The molecule has 0 aromatic heterocycles. The molecule has 0 amide bonds. The van der Waals surface area contributed by atoms with Crippen molar-refractivity contribution in [3.05, 3.63) is 28.2 Å². The van der Waals surface area contributed by atoms with Crippen LogP contribution in [0.4, 0.5) is 5.69 Å². The van der Waals surface area contributed by atoms with E-state index in [9.17, 15) is 10.2 Å². The zero-order chi connectivity index (χ0) is 13.2. The number of rotatable bonds is 4. The number of hydrogen-bond acceptors (Lipinski definition) is 3. The first-order chi connectivity index (χ1) is 7.79. The molecule has 0 aliphatic carbocycles. The van der Waals surface area contributed by atoms with E-state index < -0.39 is 6.10 Å². The number of hydrogen-bond donors (Lipinski definition) is 2. The lowest BCUT2D eigenvalue weighted by molar-refractivity contribution is 0.199. The Kier molecular flexibility index (Phi) is 4.58. The van der Waals surface area contributed by atoms with E-state index in [2.05, 4.69) is 15.9 Å². The summed E-state index contributed by atoms with van der Waals surface area (Å²) in [4.78, 5) is 2.02. The van der Waals surface area contributed by atoms with E-state index in [-0.39, 0.29) is 12.1 Å². The Hall–Kier alpha value is -0.580. The van der Waals surface area contributed by atoms with Crippen LogP contribution in [0.5, 0.6) is 0 Å². The third-order valence-electron chi connectivity index (χ3n) is 3.11. The van der Waals surface area contributed by atoms with Gasteiger partial charge in [-0.05, 0) is 54.4 Å². The van der Waals surface area contributed by atoms with Gasteiger partial charge in [-0.1, -0.05) is 6.07 Å². The highest BCUT2D eigenvalue weighted by atomic mass is 79.9. The second-order valence-corrected chi connectivity index (χ2v) is 5.77. The van der Waals surface area contributed by atoms with Crippen LogP contribution in [0.15, 0.2) is 22.7 Å². The molecule has 2 N–H and O–H groups in total. The highest BCUT2D eigenvalue weighted by Gasteiger charge is 2.24. The summed E-state index contributed by atoms with van der Waals surface area (Å²) in [5.74, 6) is 0. The molecular weight excluding hydrogens is 282 g/mol. The second-order valence-electron chi connectivity index (χ2n) is 4.92. The molecule has 1 aromatic rings. The molecule has 0 spiro atoms. The molecule has 0 unspecified atom stereocenters. The predicted molar refractivity (Wildman–Crippen MR) is 74.3 cm³/mol. The first kappa shape index (κ1) is 14.5. The Morgan fingerprint density at radius 1 is 1.41 bits per heavy atom. The summed E-state index contributed by atoms with van der Waals surface area (Å²) in [5.41, 5.74) is 1.54. The van der Waals surface area contributed by atoms with Gasteiger partial charge in [0.05, 0.1) is 23.9 Å². The second kappa shape index (κ2) is 5.38.